The van der Waals surface area contributed by atoms with E-state index in [1.165, 1.54) is 0 Å². The average Bonchev–Trinajstić information content (AvgIpc) is 2.44. The molecule has 0 spiro atoms. The molecule has 88 valence electrons. The van der Waals surface area contributed by atoms with E-state index in [1.807, 2.05) is 0 Å². The molecule has 0 fully saturated rings. The fourth-order valence-electron chi connectivity index (χ4n) is 2.18. The van der Waals surface area contributed by atoms with Crippen molar-refractivity contribution in [2.75, 3.05) is 0 Å². The summed E-state index contributed by atoms with van der Waals surface area (Å²) >= 11 is 5.34. The predicted molar refractivity (Wildman–Crippen MR) is 66.2 cm³/mol. The maximum atomic E-state index is 12.3. The number of benzene rings is 2. The SMILES string of the molecule is O=C1c2ccccc2C(=O)c2c(OCl)cccc21. The molecule has 1 aliphatic rings. The maximum absolute atomic E-state index is 12.3. The van der Waals surface area contributed by atoms with Gasteiger partial charge in [-0.25, -0.2) is 0 Å². The van der Waals surface area contributed by atoms with Gasteiger partial charge < -0.3 is 4.29 Å². The molecule has 0 N–H and O–H groups in total. The van der Waals surface area contributed by atoms with Crippen molar-refractivity contribution in [3.63, 3.8) is 0 Å². The molecular formula is C14H7ClO3. The summed E-state index contributed by atoms with van der Waals surface area (Å²) in [7, 11) is 0. The Balaban J connectivity index is 2.34. The van der Waals surface area contributed by atoms with E-state index in [-0.39, 0.29) is 22.9 Å². The van der Waals surface area contributed by atoms with Crippen molar-refractivity contribution >= 4 is 23.4 Å². The molecule has 3 nitrogen and oxygen atoms in total. The highest BCUT2D eigenvalue weighted by atomic mass is 35.5. The lowest BCUT2D eigenvalue weighted by Gasteiger charge is -2.18. The van der Waals surface area contributed by atoms with Crippen LogP contribution in [0, 0.1) is 0 Å². The van der Waals surface area contributed by atoms with Crippen LogP contribution in [0.1, 0.15) is 31.8 Å². The fraction of sp³-hybridized carbons (Fsp3) is 0. The monoisotopic (exact) mass is 258 g/mol. The van der Waals surface area contributed by atoms with E-state index in [2.05, 4.69) is 4.29 Å². The molecule has 18 heavy (non-hydrogen) atoms. The standard InChI is InChI=1S/C14H7ClO3/c15-18-11-7-3-6-10-12(11)14(17)9-5-2-1-4-8(9)13(10)16/h1-7H. The van der Waals surface area contributed by atoms with Crippen LogP contribution >= 0.6 is 11.9 Å². The van der Waals surface area contributed by atoms with Crippen LogP contribution in [0.2, 0.25) is 0 Å². The molecule has 0 bridgehead atoms. The number of fused-ring (bicyclic) bond motifs is 2. The number of ketones is 2. The van der Waals surface area contributed by atoms with E-state index in [4.69, 9.17) is 11.9 Å². The van der Waals surface area contributed by atoms with Crippen molar-refractivity contribution in [1.82, 2.24) is 0 Å². The highest BCUT2D eigenvalue weighted by Gasteiger charge is 2.31. The topological polar surface area (TPSA) is 43.4 Å². The molecule has 0 atom stereocenters. The van der Waals surface area contributed by atoms with Crippen molar-refractivity contribution < 1.29 is 13.9 Å². The molecule has 0 heterocycles. The zero-order valence-electron chi connectivity index (χ0n) is 9.14. The summed E-state index contributed by atoms with van der Waals surface area (Å²) in [4.78, 5) is 24.6. The van der Waals surface area contributed by atoms with E-state index < -0.39 is 0 Å². The third-order valence-electron chi connectivity index (χ3n) is 3.00. The van der Waals surface area contributed by atoms with Crippen LogP contribution in [-0.4, -0.2) is 11.6 Å². The van der Waals surface area contributed by atoms with E-state index in [0.717, 1.165) is 0 Å². The lowest BCUT2D eigenvalue weighted by Crippen LogP contribution is -2.21. The van der Waals surface area contributed by atoms with Crippen LogP contribution in [0.4, 0.5) is 0 Å². The van der Waals surface area contributed by atoms with Crippen LogP contribution in [0.25, 0.3) is 0 Å². The van der Waals surface area contributed by atoms with Gasteiger partial charge in [0.15, 0.2) is 17.3 Å². The van der Waals surface area contributed by atoms with Crippen molar-refractivity contribution in [2.24, 2.45) is 0 Å². The van der Waals surface area contributed by atoms with E-state index >= 15 is 0 Å². The number of hydrogen-bond donors (Lipinski definition) is 0. The zero-order valence-corrected chi connectivity index (χ0v) is 9.90. The molecule has 0 aliphatic heterocycles. The summed E-state index contributed by atoms with van der Waals surface area (Å²) in [6.07, 6.45) is 0. The van der Waals surface area contributed by atoms with Crippen LogP contribution < -0.4 is 4.29 Å². The first-order chi connectivity index (χ1) is 8.74. The second kappa shape index (κ2) is 3.96. The van der Waals surface area contributed by atoms with Gasteiger partial charge in [0.1, 0.15) is 11.9 Å². The summed E-state index contributed by atoms with van der Waals surface area (Å²) in [6.45, 7) is 0. The Morgan fingerprint density at radius 3 is 2.06 bits per heavy atom. The van der Waals surface area contributed by atoms with Gasteiger partial charge in [-0.15, -0.1) is 0 Å². The minimum absolute atomic E-state index is 0.184. The summed E-state index contributed by atoms with van der Waals surface area (Å²) in [5.74, 6) is -0.214. The van der Waals surface area contributed by atoms with Crippen molar-refractivity contribution in [1.29, 1.82) is 0 Å². The Morgan fingerprint density at radius 2 is 1.39 bits per heavy atom. The number of carbonyl (C=O) groups is 2. The summed E-state index contributed by atoms with van der Waals surface area (Å²) in [5, 5.41) is 0. The lowest BCUT2D eigenvalue weighted by molar-refractivity contribution is 0.0977. The maximum Gasteiger partial charge on any atom is 0.198 e. The molecule has 1 aliphatic carbocycles. The van der Waals surface area contributed by atoms with Gasteiger partial charge in [-0.1, -0.05) is 36.4 Å². The largest absolute Gasteiger partial charge is 0.385 e. The van der Waals surface area contributed by atoms with Crippen LogP contribution in [0.3, 0.4) is 0 Å². The lowest BCUT2D eigenvalue weighted by atomic mass is 9.84. The van der Waals surface area contributed by atoms with Gasteiger partial charge in [0.2, 0.25) is 0 Å². The predicted octanol–water partition coefficient (Wildman–Crippen LogP) is 2.99. The molecule has 0 saturated carbocycles. The van der Waals surface area contributed by atoms with Crippen molar-refractivity contribution in [3.8, 4) is 5.75 Å². The first-order valence-electron chi connectivity index (χ1n) is 5.34. The second-order valence-electron chi connectivity index (χ2n) is 3.96. The molecule has 2 aromatic rings. The molecule has 4 heteroatoms. The van der Waals surface area contributed by atoms with Crippen molar-refractivity contribution in [3.05, 3.63) is 64.7 Å². The van der Waals surface area contributed by atoms with Gasteiger partial charge in [-0.3, -0.25) is 9.59 Å². The van der Waals surface area contributed by atoms with Gasteiger partial charge in [-0.2, -0.15) is 0 Å². The molecule has 2 aromatic carbocycles. The van der Waals surface area contributed by atoms with Gasteiger partial charge in [0.25, 0.3) is 0 Å². The fourth-order valence-corrected chi connectivity index (χ4v) is 2.31. The molecule has 0 radical (unpaired) electrons. The number of carbonyl (C=O) groups excluding carboxylic acids is 2. The molecular weight excluding hydrogens is 252 g/mol. The number of hydrogen-bond acceptors (Lipinski definition) is 3. The first-order valence-corrected chi connectivity index (χ1v) is 5.65. The number of rotatable bonds is 1. The smallest absolute Gasteiger partial charge is 0.198 e. The summed E-state index contributed by atoms with van der Waals surface area (Å²) < 4.78 is 4.65. The van der Waals surface area contributed by atoms with E-state index in [0.29, 0.717) is 16.7 Å². The first kappa shape index (κ1) is 11.0. The third-order valence-corrected chi connectivity index (χ3v) is 3.16. The molecule has 0 amide bonds. The normalized spacial score (nSPS) is 12.9. The highest BCUT2D eigenvalue weighted by molar-refractivity contribution is 6.29. The Morgan fingerprint density at radius 1 is 0.778 bits per heavy atom. The van der Waals surface area contributed by atoms with Crippen LogP contribution in [0.15, 0.2) is 42.5 Å². The Labute approximate surface area is 108 Å². The molecule has 0 aromatic heterocycles. The third kappa shape index (κ3) is 1.38. The summed E-state index contributed by atoms with van der Waals surface area (Å²) in [6, 6.07) is 11.5. The minimum atomic E-state index is -0.239. The average molecular weight is 259 g/mol. The molecule has 0 unspecified atom stereocenters. The van der Waals surface area contributed by atoms with Crippen LogP contribution in [-0.2, 0) is 0 Å². The van der Waals surface area contributed by atoms with Crippen LogP contribution in [0.5, 0.6) is 5.75 Å². The summed E-state index contributed by atoms with van der Waals surface area (Å²) in [5.41, 5.74) is 1.37. The van der Waals surface area contributed by atoms with E-state index in [1.54, 1.807) is 42.5 Å². The quantitative estimate of drug-likeness (QED) is 0.674. The molecule has 0 saturated heterocycles. The Hall–Kier alpha value is -2.13. The van der Waals surface area contributed by atoms with E-state index in [9.17, 15) is 9.59 Å². The van der Waals surface area contributed by atoms with Gasteiger partial charge >= 0.3 is 0 Å². The molecule has 3 rings (SSSR count). The van der Waals surface area contributed by atoms with Gasteiger partial charge in [0.05, 0.1) is 5.56 Å². The Kier molecular flexibility index (Phi) is 2.42. The van der Waals surface area contributed by atoms with Gasteiger partial charge in [0, 0.05) is 16.7 Å². The zero-order chi connectivity index (χ0) is 12.7. The second-order valence-corrected chi connectivity index (χ2v) is 4.11. The number of halogens is 1. The Bertz CT molecular complexity index is 676. The highest BCUT2D eigenvalue weighted by Crippen LogP contribution is 2.33. The van der Waals surface area contributed by atoms with Crippen molar-refractivity contribution in [2.45, 2.75) is 0 Å². The van der Waals surface area contributed by atoms with Gasteiger partial charge in [-0.05, 0) is 6.07 Å². The minimum Gasteiger partial charge on any atom is -0.385 e.